The van der Waals surface area contributed by atoms with Crippen molar-refractivity contribution in [1.82, 2.24) is 4.98 Å². The first-order valence-electron chi connectivity index (χ1n) is 5.90. The number of nitro benzene ring substituents is 1. The summed E-state index contributed by atoms with van der Waals surface area (Å²) >= 11 is 3.07. The number of nitro groups is 1. The van der Waals surface area contributed by atoms with Crippen molar-refractivity contribution in [2.75, 3.05) is 12.4 Å². The highest BCUT2D eigenvalue weighted by Gasteiger charge is 2.20. The molecule has 0 aliphatic heterocycles. The zero-order valence-electron chi connectivity index (χ0n) is 11.0. The maximum Gasteiger partial charge on any atom is 0.315 e. The highest BCUT2D eigenvalue weighted by molar-refractivity contribution is 9.10. The molecule has 2 rings (SSSR count). The highest BCUT2D eigenvalue weighted by atomic mass is 79.9. The number of rotatable bonds is 5. The number of halogens is 2. The van der Waals surface area contributed by atoms with Crippen LogP contribution in [0.15, 0.2) is 34.9 Å². The van der Waals surface area contributed by atoms with E-state index < -0.39 is 16.4 Å². The molecule has 0 atom stereocenters. The minimum Gasteiger partial charge on any atom is -0.481 e. The van der Waals surface area contributed by atoms with Crippen LogP contribution in [0.1, 0.15) is 5.56 Å². The van der Waals surface area contributed by atoms with E-state index in [0.717, 1.165) is 17.7 Å². The second-order valence-electron chi connectivity index (χ2n) is 4.08. The van der Waals surface area contributed by atoms with Gasteiger partial charge in [0.2, 0.25) is 5.75 Å². The van der Waals surface area contributed by atoms with E-state index in [0.29, 0.717) is 5.82 Å². The lowest BCUT2D eigenvalue weighted by Gasteiger charge is -2.09. The highest BCUT2D eigenvalue weighted by Crippen LogP contribution is 2.36. The van der Waals surface area contributed by atoms with Gasteiger partial charge in [0.15, 0.2) is 0 Å². The first-order chi connectivity index (χ1) is 10.0. The van der Waals surface area contributed by atoms with Gasteiger partial charge in [-0.15, -0.1) is 0 Å². The van der Waals surface area contributed by atoms with Gasteiger partial charge >= 0.3 is 5.69 Å². The van der Waals surface area contributed by atoms with Crippen LogP contribution in [-0.2, 0) is 6.61 Å². The van der Waals surface area contributed by atoms with Crippen LogP contribution in [0.5, 0.6) is 5.75 Å². The number of anilines is 1. The van der Waals surface area contributed by atoms with E-state index in [1.807, 2.05) is 0 Å². The summed E-state index contributed by atoms with van der Waals surface area (Å²) in [5, 5.41) is 13.8. The van der Waals surface area contributed by atoms with Crippen LogP contribution in [-0.4, -0.2) is 17.0 Å². The third kappa shape index (κ3) is 3.66. The summed E-state index contributed by atoms with van der Waals surface area (Å²) in [7, 11) is 1.73. The van der Waals surface area contributed by atoms with Gasteiger partial charge in [-0.2, -0.15) is 0 Å². The van der Waals surface area contributed by atoms with E-state index in [1.54, 1.807) is 25.4 Å². The van der Waals surface area contributed by atoms with Crippen LogP contribution in [0.25, 0.3) is 0 Å². The Labute approximate surface area is 128 Å². The van der Waals surface area contributed by atoms with Crippen molar-refractivity contribution in [3.63, 3.8) is 0 Å². The molecule has 1 heterocycles. The van der Waals surface area contributed by atoms with Crippen molar-refractivity contribution in [2.24, 2.45) is 0 Å². The number of pyridine rings is 1. The fourth-order valence-corrected chi connectivity index (χ4v) is 2.22. The van der Waals surface area contributed by atoms with Crippen molar-refractivity contribution < 1.29 is 14.1 Å². The molecule has 0 aliphatic carbocycles. The van der Waals surface area contributed by atoms with Gasteiger partial charge in [0.25, 0.3) is 0 Å². The molecule has 0 amide bonds. The molecule has 8 heteroatoms. The standard InChI is InChI=1S/C13H11BrFN3O3/c1-16-12-4-8(2-3-17-12)7-21-13-10(14)5-9(15)6-11(13)18(19)20/h2-6H,7H2,1H3,(H,16,17). The number of ether oxygens (including phenoxy) is 1. The SMILES string of the molecule is CNc1cc(COc2c(Br)cc(F)cc2[N+](=O)[O-])ccn1. The van der Waals surface area contributed by atoms with Gasteiger partial charge in [0, 0.05) is 13.2 Å². The fourth-order valence-electron chi connectivity index (χ4n) is 1.68. The zero-order chi connectivity index (χ0) is 15.4. The number of hydrogen-bond donors (Lipinski definition) is 1. The summed E-state index contributed by atoms with van der Waals surface area (Å²) in [4.78, 5) is 14.3. The molecule has 0 saturated heterocycles. The third-order valence-electron chi connectivity index (χ3n) is 2.65. The van der Waals surface area contributed by atoms with Crippen LogP contribution in [0.3, 0.4) is 0 Å². The van der Waals surface area contributed by atoms with E-state index in [1.165, 1.54) is 0 Å². The molecule has 0 saturated carbocycles. The van der Waals surface area contributed by atoms with E-state index in [4.69, 9.17) is 4.74 Å². The van der Waals surface area contributed by atoms with Gasteiger partial charge in [0.05, 0.1) is 15.5 Å². The molecule has 1 aromatic heterocycles. The van der Waals surface area contributed by atoms with Gasteiger partial charge in [-0.25, -0.2) is 9.37 Å². The molecule has 0 bridgehead atoms. The van der Waals surface area contributed by atoms with Crippen LogP contribution >= 0.6 is 15.9 Å². The van der Waals surface area contributed by atoms with E-state index in [9.17, 15) is 14.5 Å². The first-order valence-corrected chi connectivity index (χ1v) is 6.69. The minimum atomic E-state index is -0.706. The largest absolute Gasteiger partial charge is 0.481 e. The maximum atomic E-state index is 13.2. The second-order valence-corrected chi connectivity index (χ2v) is 4.94. The summed E-state index contributed by atoms with van der Waals surface area (Å²) in [6.45, 7) is 0.0995. The van der Waals surface area contributed by atoms with E-state index in [-0.39, 0.29) is 16.8 Å². The first kappa shape index (κ1) is 15.2. The Bertz CT molecular complexity index is 682. The lowest BCUT2D eigenvalue weighted by molar-refractivity contribution is -0.386. The van der Waals surface area contributed by atoms with Crippen LogP contribution in [0.4, 0.5) is 15.9 Å². The number of aromatic nitrogens is 1. The van der Waals surface area contributed by atoms with Crippen LogP contribution < -0.4 is 10.1 Å². The summed E-state index contributed by atoms with van der Waals surface area (Å²) in [6, 6.07) is 5.42. The molecule has 0 unspecified atom stereocenters. The molecule has 0 fully saturated rings. The number of nitrogens with zero attached hydrogens (tertiary/aromatic N) is 2. The Morgan fingerprint density at radius 1 is 1.48 bits per heavy atom. The van der Waals surface area contributed by atoms with Gasteiger partial charge in [0.1, 0.15) is 18.2 Å². The minimum absolute atomic E-state index is 0.00998. The van der Waals surface area contributed by atoms with Crippen LogP contribution in [0.2, 0.25) is 0 Å². The van der Waals surface area contributed by atoms with Crippen molar-refractivity contribution >= 4 is 27.4 Å². The summed E-state index contributed by atoms with van der Waals surface area (Å²) in [5.41, 5.74) is 0.352. The summed E-state index contributed by atoms with van der Waals surface area (Å²) in [5.74, 6) is -0.0599. The van der Waals surface area contributed by atoms with Gasteiger partial charge < -0.3 is 10.1 Å². The average Bonchev–Trinajstić information content (AvgIpc) is 2.45. The molecule has 6 nitrogen and oxygen atoms in total. The average molecular weight is 356 g/mol. The van der Waals surface area contributed by atoms with Crippen molar-refractivity contribution in [1.29, 1.82) is 0 Å². The lowest BCUT2D eigenvalue weighted by atomic mass is 10.2. The molecule has 0 radical (unpaired) electrons. The fraction of sp³-hybridized carbons (Fsp3) is 0.154. The molecule has 21 heavy (non-hydrogen) atoms. The Morgan fingerprint density at radius 2 is 2.24 bits per heavy atom. The van der Waals surface area contributed by atoms with Gasteiger partial charge in [-0.1, -0.05) is 0 Å². The number of benzene rings is 1. The molecule has 2 aromatic rings. The monoisotopic (exact) mass is 355 g/mol. The number of nitrogens with one attached hydrogen (secondary N) is 1. The molecule has 0 spiro atoms. The van der Waals surface area contributed by atoms with Gasteiger partial charge in [-0.3, -0.25) is 10.1 Å². The van der Waals surface area contributed by atoms with E-state index in [2.05, 4.69) is 26.2 Å². The summed E-state index contributed by atoms with van der Waals surface area (Å²) < 4.78 is 18.9. The topological polar surface area (TPSA) is 77.3 Å². The molecular formula is C13H11BrFN3O3. The second kappa shape index (κ2) is 6.49. The van der Waals surface area contributed by atoms with Crippen molar-refractivity contribution in [3.05, 3.63) is 56.4 Å². The predicted octanol–water partition coefficient (Wildman–Crippen LogP) is 3.51. The molecule has 0 aliphatic rings. The Hall–Kier alpha value is -2.22. The quantitative estimate of drug-likeness (QED) is 0.655. The number of hydrogen-bond acceptors (Lipinski definition) is 5. The third-order valence-corrected chi connectivity index (χ3v) is 3.24. The Kier molecular flexibility index (Phi) is 4.69. The van der Waals surface area contributed by atoms with Gasteiger partial charge in [-0.05, 0) is 39.7 Å². The normalized spacial score (nSPS) is 10.2. The van der Waals surface area contributed by atoms with Crippen LogP contribution in [0, 0.1) is 15.9 Å². The predicted molar refractivity (Wildman–Crippen MR) is 78.9 cm³/mol. The van der Waals surface area contributed by atoms with E-state index >= 15 is 0 Å². The molecular weight excluding hydrogens is 345 g/mol. The molecule has 1 N–H and O–H groups in total. The summed E-state index contributed by atoms with van der Waals surface area (Å²) in [6.07, 6.45) is 1.60. The van der Waals surface area contributed by atoms with Crippen molar-refractivity contribution in [3.8, 4) is 5.75 Å². The van der Waals surface area contributed by atoms with Crippen molar-refractivity contribution in [2.45, 2.75) is 6.61 Å². The smallest absolute Gasteiger partial charge is 0.315 e. The molecule has 110 valence electrons. The zero-order valence-corrected chi connectivity index (χ0v) is 12.6. The molecule has 1 aromatic carbocycles. The maximum absolute atomic E-state index is 13.2. The Balaban J connectivity index is 2.25. The lowest BCUT2D eigenvalue weighted by Crippen LogP contribution is -2.02. The Morgan fingerprint density at radius 3 is 2.90 bits per heavy atom.